The summed E-state index contributed by atoms with van der Waals surface area (Å²) in [5, 5.41) is 9.09. The molecular weight excluding hydrogens is 226 g/mol. The van der Waals surface area contributed by atoms with Gasteiger partial charge in [0.2, 0.25) is 0 Å². The maximum absolute atomic E-state index is 11.6. The molecule has 0 aliphatic carbocycles. The largest absolute Gasteiger partial charge is 0.462 e. The van der Waals surface area contributed by atoms with Crippen molar-refractivity contribution in [3.63, 3.8) is 0 Å². The van der Waals surface area contributed by atoms with Gasteiger partial charge in [0.25, 0.3) is 0 Å². The maximum atomic E-state index is 11.6. The zero-order valence-electron chi connectivity index (χ0n) is 9.00. The van der Waals surface area contributed by atoms with E-state index in [2.05, 4.69) is 0 Å². The van der Waals surface area contributed by atoms with Crippen molar-refractivity contribution in [2.45, 2.75) is 19.8 Å². The van der Waals surface area contributed by atoms with Crippen LogP contribution in [0.25, 0.3) is 0 Å². The minimum Gasteiger partial charge on any atom is -0.462 e. The van der Waals surface area contributed by atoms with Crippen molar-refractivity contribution in [3.8, 4) is 6.07 Å². The highest BCUT2D eigenvalue weighted by atomic mass is 35.5. The maximum Gasteiger partial charge on any atom is 0.338 e. The average molecular weight is 238 g/mol. The first-order chi connectivity index (χ1) is 7.69. The molecule has 0 spiro atoms. The van der Waals surface area contributed by atoms with Crippen molar-refractivity contribution in [1.29, 1.82) is 5.26 Å². The zero-order chi connectivity index (χ0) is 12.0. The van der Waals surface area contributed by atoms with Crippen LogP contribution in [0.4, 0.5) is 0 Å². The van der Waals surface area contributed by atoms with Crippen molar-refractivity contribution in [1.82, 2.24) is 0 Å². The molecule has 0 bridgehead atoms. The van der Waals surface area contributed by atoms with Gasteiger partial charge in [0.15, 0.2) is 0 Å². The zero-order valence-corrected chi connectivity index (χ0v) is 9.75. The van der Waals surface area contributed by atoms with Gasteiger partial charge in [-0.05, 0) is 37.1 Å². The quantitative estimate of drug-likeness (QED) is 0.757. The Morgan fingerprint density at radius 2 is 2.31 bits per heavy atom. The number of halogens is 1. The number of benzene rings is 1. The molecule has 0 heterocycles. The van der Waals surface area contributed by atoms with E-state index in [1.807, 2.05) is 6.07 Å². The molecule has 0 aliphatic heterocycles. The Kier molecular flexibility index (Phi) is 4.81. The summed E-state index contributed by atoms with van der Waals surface area (Å²) in [6, 6.07) is 7.01. The van der Waals surface area contributed by atoms with Crippen LogP contribution in [0.15, 0.2) is 18.2 Å². The smallest absolute Gasteiger partial charge is 0.338 e. The molecule has 16 heavy (non-hydrogen) atoms. The monoisotopic (exact) mass is 237 g/mol. The van der Waals surface area contributed by atoms with E-state index in [9.17, 15) is 4.79 Å². The van der Waals surface area contributed by atoms with Crippen LogP contribution in [0, 0.1) is 11.3 Å². The van der Waals surface area contributed by atoms with Crippen LogP contribution in [0.1, 0.15) is 29.3 Å². The second kappa shape index (κ2) is 6.14. The van der Waals surface area contributed by atoms with E-state index < -0.39 is 0 Å². The number of nitrogens with zero attached hydrogens (tertiary/aromatic N) is 1. The molecule has 0 N–H and O–H groups in total. The molecule has 0 amide bonds. The standard InChI is InChI=1S/C12H12ClNO2/c1-2-16-12(15)11-6-5-10(13)8-9(11)4-3-7-14/h5-6,8H,2-4H2,1H3. The van der Waals surface area contributed by atoms with Crippen LogP contribution in [0.2, 0.25) is 5.02 Å². The van der Waals surface area contributed by atoms with Gasteiger partial charge in [-0.2, -0.15) is 5.26 Å². The Bertz CT molecular complexity index is 424. The first kappa shape index (κ1) is 12.5. The van der Waals surface area contributed by atoms with Gasteiger partial charge in [-0.1, -0.05) is 11.6 Å². The summed E-state index contributed by atoms with van der Waals surface area (Å²) in [6.45, 7) is 2.09. The molecule has 84 valence electrons. The third kappa shape index (κ3) is 3.25. The molecule has 0 fully saturated rings. The van der Waals surface area contributed by atoms with Gasteiger partial charge in [-0.3, -0.25) is 0 Å². The molecule has 1 aromatic rings. The summed E-state index contributed by atoms with van der Waals surface area (Å²) < 4.78 is 4.92. The Morgan fingerprint density at radius 1 is 1.56 bits per heavy atom. The van der Waals surface area contributed by atoms with E-state index in [1.165, 1.54) is 0 Å². The molecule has 3 nitrogen and oxygen atoms in total. The molecule has 0 aliphatic rings. The summed E-state index contributed by atoms with van der Waals surface area (Å²) in [5.41, 5.74) is 1.24. The predicted molar refractivity (Wildman–Crippen MR) is 61.3 cm³/mol. The highest BCUT2D eigenvalue weighted by Gasteiger charge is 2.12. The van der Waals surface area contributed by atoms with E-state index in [0.717, 1.165) is 5.56 Å². The van der Waals surface area contributed by atoms with Gasteiger partial charge in [0, 0.05) is 11.4 Å². The fraction of sp³-hybridized carbons (Fsp3) is 0.333. The summed E-state index contributed by atoms with van der Waals surface area (Å²) in [4.78, 5) is 11.6. The van der Waals surface area contributed by atoms with Gasteiger partial charge in [0.05, 0.1) is 18.2 Å². The second-order valence-electron chi connectivity index (χ2n) is 3.18. The average Bonchev–Trinajstić information content (AvgIpc) is 2.26. The van der Waals surface area contributed by atoms with Crippen molar-refractivity contribution in [2.24, 2.45) is 0 Å². The number of esters is 1. The third-order valence-electron chi connectivity index (χ3n) is 2.07. The van der Waals surface area contributed by atoms with Crippen LogP contribution < -0.4 is 0 Å². The number of nitriles is 1. The van der Waals surface area contributed by atoms with Crippen LogP contribution in [-0.4, -0.2) is 12.6 Å². The number of carbonyl (C=O) groups is 1. The topological polar surface area (TPSA) is 50.1 Å². The summed E-state index contributed by atoms with van der Waals surface area (Å²) in [6.07, 6.45) is 0.859. The van der Waals surface area contributed by atoms with Gasteiger partial charge < -0.3 is 4.74 Å². The number of rotatable bonds is 4. The SMILES string of the molecule is CCOC(=O)c1ccc(Cl)cc1CCC#N. The Hall–Kier alpha value is -1.53. The van der Waals surface area contributed by atoms with Crippen molar-refractivity contribution < 1.29 is 9.53 Å². The highest BCUT2D eigenvalue weighted by molar-refractivity contribution is 6.30. The van der Waals surface area contributed by atoms with E-state index in [0.29, 0.717) is 30.0 Å². The molecule has 4 heteroatoms. The molecule has 0 radical (unpaired) electrons. The lowest BCUT2D eigenvalue weighted by Crippen LogP contribution is -2.08. The molecular formula is C12H12ClNO2. The lowest BCUT2D eigenvalue weighted by Gasteiger charge is -2.07. The van der Waals surface area contributed by atoms with Crippen molar-refractivity contribution in [2.75, 3.05) is 6.61 Å². The predicted octanol–water partition coefficient (Wildman–Crippen LogP) is 2.97. The summed E-state index contributed by atoms with van der Waals surface area (Å²) in [7, 11) is 0. The first-order valence-corrected chi connectivity index (χ1v) is 5.39. The fourth-order valence-electron chi connectivity index (χ4n) is 1.37. The van der Waals surface area contributed by atoms with Crippen molar-refractivity contribution in [3.05, 3.63) is 34.3 Å². The van der Waals surface area contributed by atoms with Crippen molar-refractivity contribution >= 4 is 17.6 Å². The minimum absolute atomic E-state index is 0.332. The Labute approximate surface area is 99.6 Å². The van der Waals surface area contributed by atoms with E-state index in [-0.39, 0.29) is 5.97 Å². The van der Waals surface area contributed by atoms with E-state index in [4.69, 9.17) is 21.6 Å². The van der Waals surface area contributed by atoms with Crippen LogP contribution >= 0.6 is 11.6 Å². The number of ether oxygens (including phenoxy) is 1. The second-order valence-corrected chi connectivity index (χ2v) is 3.62. The lowest BCUT2D eigenvalue weighted by molar-refractivity contribution is 0.0525. The molecule has 0 atom stereocenters. The van der Waals surface area contributed by atoms with Gasteiger partial charge in [-0.25, -0.2) is 4.79 Å². The molecule has 0 aromatic heterocycles. The lowest BCUT2D eigenvalue weighted by atomic mass is 10.0. The minimum atomic E-state index is -0.368. The summed E-state index contributed by atoms with van der Waals surface area (Å²) >= 11 is 5.84. The number of hydrogen-bond acceptors (Lipinski definition) is 3. The Balaban J connectivity index is 2.98. The van der Waals surface area contributed by atoms with Crippen LogP contribution in [0.3, 0.4) is 0 Å². The molecule has 0 unspecified atom stereocenters. The molecule has 1 rings (SSSR count). The van der Waals surface area contributed by atoms with E-state index >= 15 is 0 Å². The van der Waals surface area contributed by atoms with Gasteiger partial charge in [-0.15, -0.1) is 0 Å². The summed E-state index contributed by atoms with van der Waals surface area (Å²) in [5.74, 6) is -0.368. The Morgan fingerprint density at radius 3 is 2.94 bits per heavy atom. The first-order valence-electron chi connectivity index (χ1n) is 5.01. The number of carbonyl (C=O) groups excluding carboxylic acids is 1. The fourth-order valence-corrected chi connectivity index (χ4v) is 1.56. The normalized spacial score (nSPS) is 9.56. The number of aryl methyl sites for hydroxylation is 1. The highest BCUT2D eigenvalue weighted by Crippen LogP contribution is 2.18. The third-order valence-corrected chi connectivity index (χ3v) is 2.30. The number of hydrogen-bond donors (Lipinski definition) is 0. The molecule has 1 aromatic carbocycles. The molecule has 0 saturated heterocycles. The van der Waals surface area contributed by atoms with Gasteiger partial charge >= 0.3 is 5.97 Å². The van der Waals surface area contributed by atoms with Crippen LogP contribution in [0.5, 0.6) is 0 Å². The van der Waals surface area contributed by atoms with E-state index in [1.54, 1.807) is 25.1 Å². The molecule has 0 saturated carbocycles. The van der Waals surface area contributed by atoms with Gasteiger partial charge in [0.1, 0.15) is 0 Å². The van der Waals surface area contributed by atoms with Crippen LogP contribution in [-0.2, 0) is 11.2 Å².